The second-order valence-electron chi connectivity index (χ2n) is 15.7. The Bertz CT molecular complexity index is 843. The number of nitrogens with zero attached hydrogens (tertiary/aromatic N) is 2. The first kappa shape index (κ1) is 52.2. The van der Waals surface area contributed by atoms with Crippen molar-refractivity contribution in [3.8, 4) is 0 Å². The highest BCUT2D eigenvalue weighted by Crippen LogP contribution is 2.18. The van der Waals surface area contributed by atoms with Gasteiger partial charge in [0.15, 0.2) is 0 Å². The van der Waals surface area contributed by atoms with Gasteiger partial charge in [0, 0.05) is 25.7 Å². The molecule has 316 valence electrons. The van der Waals surface area contributed by atoms with Crippen LogP contribution >= 0.6 is 0 Å². The molecule has 0 saturated heterocycles. The van der Waals surface area contributed by atoms with Crippen molar-refractivity contribution >= 4 is 6.16 Å². The molecule has 0 spiro atoms. The molecule has 0 aromatic rings. The highest BCUT2D eigenvalue weighted by Gasteiger charge is 2.17. The fourth-order valence-electron chi connectivity index (χ4n) is 6.84. The molecule has 0 atom stereocenters. The first-order valence-electron chi connectivity index (χ1n) is 23.4. The number of hydrogen-bond acceptors (Lipinski definition) is 5. The van der Waals surface area contributed by atoms with E-state index in [0.29, 0.717) is 12.6 Å². The number of allylic oxidation sites excluding steroid dienone is 8. The van der Waals surface area contributed by atoms with Gasteiger partial charge < -0.3 is 14.4 Å². The van der Waals surface area contributed by atoms with Gasteiger partial charge in [0.1, 0.15) is 12.7 Å². The molecule has 0 rings (SSSR count). The van der Waals surface area contributed by atoms with Gasteiger partial charge in [0.25, 0.3) is 0 Å². The predicted molar refractivity (Wildman–Crippen MR) is 239 cm³/mol. The minimum absolute atomic E-state index is 0.0296. The second kappa shape index (κ2) is 42.3. The fraction of sp³-hybridized carbons (Fsp3) is 0.816. The van der Waals surface area contributed by atoms with Crippen LogP contribution in [0, 0.1) is 0 Å². The van der Waals surface area contributed by atoms with Crippen LogP contribution in [-0.2, 0) is 9.47 Å². The third-order valence-corrected chi connectivity index (χ3v) is 10.6. The van der Waals surface area contributed by atoms with E-state index >= 15 is 0 Å². The number of rotatable bonds is 40. The average Bonchev–Trinajstić information content (AvgIpc) is 3.16. The van der Waals surface area contributed by atoms with Crippen molar-refractivity contribution in [3.05, 3.63) is 48.6 Å². The standard InChI is InChI=1S/C49H92N2O3/c1-7-11-13-15-17-19-21-23-25-27-29-31-33-35-37-39-41-48(54-49(52)53-46-45-51(47(5)6)44-43-50(9-3)10-4)42-40-38-36-34-32-30-28-26-24-22-20-18-16-14-12-8-2/h17-20,23-26,47-48H,7-16,21-22,27-46H2,1-6H3/b19-17-,20-18-,25-23-,26-24-. The molecule has 0 aliphatic carbocycles. The van der Waals surface area contributed by atoms with Gasteiger partial charge in [-0.3, -0.25) is 4.90 Å². The lowest BCUT2D eigenvalue weighted by molar-refractivity contribution is 0.00998. The molecule has 5 heteroatoms. The highest BCUT2D eigenvalue weighted by atomic mass is 16.7. The summed E-state index contributed by atoms with van der Waals surface area (Å²) in [6, 6.07) is 0.417. The summed E-state index contributed by atoms with van der Waals surface area (Å²) in [5.74, 6) is 0. The van der Waals surface area contributed by atoms with E-state index in [1.807, 2.05) is 0 Å². The van der Waals surface area contributed by atoms with Crippen LogP contribution in [0.3, 0.4) is 0 Å². The normalized spacial score (nSPS) is 12.5. The summed E-state index contributed by atoms with van der Waals surface area (Å²) in [6.45, 7) is 18.7. The number of hydrogen-bond donors (Lipinski definition) is 0. The summed E-state index contributed by atoms with van der Waals surface area (Å²) in [5.41, 5.74) is 0. The lowest BCUT2D eigenvalue weighted by Crippen LogP contribution is -2.40. The number of unbranched alkanes of at least 4 members (excludes halogenated alkanes) is 18. The molecular formula is C49H92N2O3. The van der Waals surface area contributed by atoms with Crippen LogP contribution in [0.15, 0.2) is 48.6 Å². The topological polar surface area (TPSA) is 42.0 Å². The summed E-state index contributed by atoms with van der Waals surface area (Å²) in [6.07, 6.45) is 50.0. The molecule has 0 aliphatic heterocycles. The molecule has 0 heterocycles. The average molecular weight is 757 g/mol. The molecule has 0 fully saturated rings. The monoisotopic (exact) mass is 757 g/mol. The molecule has 0 aliphatic rings. The van der Waals surface area contributed by atoms with E-state index in [0.717, 1.165) is 71.2 Å². The number of carbonyl (C=O) groups excluding carboxylic acids is 1. The number of carbonyl (C=O) groups is 1. The number of ether oxygens (including phenoxy) is 2. The lowest BCUT2D eigenvalue weighted by Gasteiger charge is -2.29. The SMILES string of the molecule is CCCCC/C=C\C/C=C\CCCCCCCCC(CCCCCCCC/C=C\C/C=C\CCCCC)OC(=O)OCCN(CCN(CC)CC)C(C)C. The lowest BCUT2D eigenvalue weighted by atomic mass is 10.0. The van der Waals surface area contributed by atoms with Crippen LogP contribution in [0.2, 0.25) is 0 Å². The Kier molecular flexibility index (Phi) is 40.8. The third-order valence-electron chi connectivity index (χ3n) is 10.6. The molecule has 0 aromatic carbocycles. The first-order valence-corrected chi connectivity index (χ1v) is 23.4. The zero-order chi connectivity index (χ0) is 39.6. The van der Waals surface area contributed by atoms with Crippen molar-refractivity contribution in [2.45, 2.75) is 221 Å². The molecule has 0 radical (unpaired) electrons. The van der Waals surface area contributed by atoms with Gasteiger partial charge >= 0.3 is 6.16 Å². The van der Waals surface area contributed by atoms with Gasteiger partial charge in [-0.25, -0.2) is 4.79 Å². The van der Waals surface area contributed by atoms with E-state index in [2.05, 4.69) is 100.0 Å². The van der Waals surface area contributed by atoms with Crippen LogP contribution in [0.25, 0.3) is 0 Å². The second-order valence-corrected chi connectivity index (χ2v) is 15.7. The van der Waals surface area contributed by atoms with Crippen molar-refractivity contribution in [3.63, 3.8) is 0 Å². The zero-order valence-corrected chi connectivity index (χ0v) is 37.0. The van der Waals surface area contributed by atoms with Crippen LogP contribution in [0.4, 0.5) is 4.79 Å². The maximum Gasteiger partial charge on any atom is 0.508 e. The van der Waals surface area contributed by atoms with Gasteiger partial charge in [-0.2, -0.15) is 0 Å². The minimum atomic E-state index is -0.479. The Morgan fingerprint density at radius 3 is 1.31 bits per heavy atom. The smallest absolute Gasteiger partial charge is 0.433 e. The molecule has 0 saturated carbocycles. The minimum Gasteiger partial charge on any atom is -0.433 e. The van der Waals surface area contributed by atoms with Crippen molar-refractivity contribution in [1.29, 1.82) is 0 Å². The highest BCUT2D eigenvalue weighted by molar-refractivity contribution is 5.60. The Morgan fingerprint density at radius 2 is 0.907 bits per heavy atom. The maximum atomic E-state index is 12.8. The molecule has 0 N–H and O–H groups in total. The number of likely N-dealkylation sites (N-methyl/N-ethyl adjacent to an activating group) is 1. The zero-order valence-electron chi connectivity index (χ0n) is 37.0. The predicted octanol–water partition coefficient (Wildman–Crippen LogP) is 15.0. The van der Waals surface area contributed by atoms with Crippen molar-refractivity contribution in [2.24, 2.45) is 0 Å². The Labute approximate surface area is 337 Å². The van der Waals surface area contributed by atoms with E-state index < -0.39 is 6.16 Å². The summed E-state index contributed by atoms with van der Waals surface area (Å²) in [5, 5.41) is 0. The van der Waals surface area contributed by atoms with E-state index in [4.69, 9.17) is 9.47 Å². The largest absolute Gasteiger partial charge is 0.508 e. The quantitative estimate of drug-likeness (QED) is 0.0354. The third kappa shape index (κ3) is 37.1. The molecule has 0 amide bonds. The van der Waals surface area contributed by atoms with Gasteiger partial charge in [0.05, 0.1) is 0 Å². The molecule has 0 unspecified atom stereocenters. The molecule has 5 nitrogen and oxygen atoms in total. The molecule has 0 bridgehead atoms. The summed E-state index contributed by atoms with van der Waals surface area (Å²) < 4.78 is 11.6. The van der Waals surface area contributed by atoms with Gasteiger partial charge in [0.2, 0.25) is 0 Å². The van der Waals surface area contributed by atoms with Gasteiger partial charge in [-0.1, -0.05) is 153 Å². The molecular weight excluding hydrogens is 665 g/mol. The van der Waals surface area contributed by atoms with Crippen LogP contribution < -0.4 is 0 Å². The van der Waals surface area contributed by atoms with Crippen LogP contribution in [-0.4, -0.2) is 67.4 Å². The van der Waals surface area contributed by atoms with E-state index in [1.54, 1.807) is 0 Å². The molecule has 0 aromatic heterocycles. The van der Waals surface area contributed by atoms with Crippen LogP contribution in [0.1, 0.15) is 208 Å². The molecule has 54 heavy (non-hydrogen) atoms. The van der Waals surface area contributed by atoms with E-state index in [9.17, 15) is 4.79 Å². The van der Waals surface area contributed by atoms with Crippen molar-refractivity contribution < 1.29 is 14.3 Å². The summed E-state index contributed by atoms with van der Waals surface area (Å²) in [7, 11) is 0. The van der Waals surface area contributed by atoms with E-state index in [1.165, 1.54) is 128 Å². The van der Waals surface area contributed by atoms with Gasteiger partial charge in [-0.15, -0.1) is 0 Å². The fourth-order valence-corrected chi connectivity index (χ4v) is 6.84. The van der Waals surface area contributed by atoms with Crippen molar-refractivity contribution in [1.82, 2.24) is 9.80 Å². The van der Waals surface area contributed by atoms with Crippen LogP contribution in [0.5, 0.6) is 0 Å². The van der Waals surface area contributed by atoms with Gasteiger partial charge in [-0.05, 0) is 117 Å². The van der Waals surface area contributed by atoms with E-state index in [-0.39, 0.29) is 6.10 Å². The first-order chi connectivity index (χ1) is 26.5. The Hall–Kier alpha value is -1.85. The maximum absolute atomic E-state index is 12.8. The Balaban J connectivity index is 4.45. The van der Waals surface area contributed by atoms with Crippen molar-refractivity contribution in [2.75, 3.05) is 39.3 Å². The summed E-state index contributed by atoms with van der Waals surface area (Å²) >= 11 is 0. The summed E-state index contributed by atoms with van der Waals surface area (Å²) in [4.78, 5) is 17.7. The Morgan fingerprint density at radius 1 is 0.500 bits per heavy atom.